The topological polar surface area (TPSA) is 21.6 Å². The van der Waals surface area contributed by atoms with Crippen LogP contribution >= 0.6 is 0 Å². The van der Waals surface area contributed by atoms with Gasteiger partial charge in [-0.3, -0.25) is 4.99 Å². The third-order valence-corrected chi connectivity index (χ3v) is 3.22. The van der Waals surface area contributed by atoms with E-state index in [-0.39, 0.29) is 7.43 Å². The lowest BCUT2D eigenvalue weighted by Gasteiger charge is -2.08. The molecule has 0 bridgehead atoms. The molecule has 2 rings (SSSR count). The molecule has 0 saturated carbocycles. The minimum absolute atomic E-state index is 0. The molecule has 0 N–H and O–H groups in total. The van der Waals surface area contributed by atoms with Crippen LogP contribution in [0.15, 0.2) is 41.4 Å². The van der Waals surface area contributed by atoms with E-state index < -0.39 is 0 Å². The number of hydrogen-bond acceptors (Lipinski definition) is 2. The van der Waals surface area contributed by atoms with Crippen molar-refractivity contribution in [1.29, 1.82) is 0 Å². The van der Waals surface area contributed by atoms with Crippen molar-refractivity contribution >= 4 is 11.9 Å². The second kappa shape index (κ2) is 6.90. The highest BCUT2D eigenvalue weighted by atomic mass is 16.5. The molecule has 0 spiro atoms. The predicted octanol–water partition coefficient (Wildman–Crippen LogP) is 5.01. The van der Waals surface area contributed by atoms with E-state index in [2.05, 4.69) is 37.0 Å². The summed E-state index contributed by atoms with van der Waals surface area (Å²) in [6.45, 7) is 6.19. The summed E-state index contributed by atoms with van der Waals surface area (Å²) in [6.07, 6.45) is 1.88. The van der Waals surface area contributed by atoms with E-state index in [1.54, 1.807) is 7.11 Å². The first-order valence-electron chi connectivity index (χ1n) is 6.37. The lowest BCUT2D eigenvalue weighted by atomic mass is 10.1. The molecule has 0 atom stereocenters. The zero-order chi connectivity index (χ0) is 13.8. The van der Waals surface area contributed by atoms with Gasteiger partial charge in [-0.25, -0.2) is 0 Å². The Kier molecular flexibility index (Phi) is 5.51. The summed E-state index contributed by atoms with van der Waals surface area (Å²) in [6, 6.07) is 12.3. The fraction of sp³-hybridized carbons (Fsp3) is 0.278. The number of nitrogens with zero attached hydrogens (tertiary/aromatic N) is 1. The molecule has 0 fully saturated rings. The van der Waals surface area contributed by atoms with Gasteiger partial charge in [0.1, 0.15) is 5.75 Å². The monoisotopic (exact) mass is 269 g/mol. The van der Waals surface area contributed by atoms with Crippen LogP contribution in [0.2, 0.25) is 0 Å². The molecule has 2 aromatic rings. The molecule has 0 radical (unpaired) electrons. The number of ether oxygens (including phenoxy) is 1. The van der Waals surface area contributed by atoms with Crippen molar-refractivity contribution in [2.75, 3.05) is 7.11 Å². The number of methoxy groups -OCH3 is 1. The van der Waals surface area contributed by atoms with Gasteiger partial charge in [0.15, 0.2) is 0 Å². The molecule has 0 aliphatic carbocycles. The zero-order valence-corrected chi connectivity index (χ0v) is 11.9. The van der Waals surface area contributed by atoms with Crippen LogP contribution in [-0.4, -0.2) is 13.3 Å². The minimum Gasteiger partial charge on any atom is -0.496 e. The summed E-state index contributed by atoms with van der Waals surface area (Å²) in [5.74, 6) is 0.887. The third-order valence-electron chi connectivity index (χ3n) is 3.22. The largest absolute Gasteiger partial charge is 0.496 e. The van der Waals surface area contributed by atoms with Crippen LogP contribution in [0.25, 0.3) is 0 Å². The van der Waals surface area contributed by atoms with E-state index in [4.69, 9.17) is 4.74 Å². The molecule has 2 heteroatoms. The van der Waals surface area contributed by atoms with Crippen molar-refractivity contribution < 1.29 is 4.74 Å². The molecule has 0 aromatic heterocycles. The van der Waals surface area contributed by atoms with Crippen molar-refractivity contribution in [2.24, 2.45) is 4.99 Å². The maximum Gasteiger partial charge on any atom is 0.130 e. The molecule has 2 nitrogen and oxygen atoms in total. The second-order valence-corrected chi connectivity index (χ2v) is 4.70. The highest BCUT2D eigenvalue weighted by Gasteiger charge is 2.04. The molecule has 106 valence electrons. The van der Waals surface area contributed by atoms with Gasteiger partial charge in [-0.05, 0) is 43.5 Å². The Morgan fingerprint density at radius 1 is 0.900 bits per heavy atom. The average Bonchev–Trinajstić information content (AvgIpc) is 2.38. The Hall–Kier alpha value is -2.09. The highest BCUT2D eigenvalue weighted by Crippen LogP contribution is 2.25. The number of aliphatic imine (C=N–C) groups is 1. The molecular formula is C18H23NO. The minimum atomic E-state index is 0. The predicted molar refractivity (Wildman–Crippen MR) is 87.6 cm³/mol. The van der Waals surface area contributed by atoms with Crippen LogP contribution in [0, 0.1) is 20.8 Å². The molecule has 0 amide bonds. The summed E-state index contributed by atoms with van der Waals surface area (Å²) in [5.41, 5.74) is 5.52. The van der Waals surface area contributed by atoms with Crippen LogP contribution < -0.4 is 4.74 Å². The molecule has 0 unspecified atom stereocenters. The van der Waals surface area contributed by atoms with Crippen LogP contribution in [0.5, 0.6) is 5.75 Å². The first-order valence-corrected chi connectivity index (χ1v) is 6.37. The fourth-order valence-corrected chi connectivity index (χ4v) is 2.20. The summed E-state index contributed by atoms with van der Waals surface area (Å²) in [5, 5.41) is 0. The molecule has 0 saturated heterocycles. The second-order valence-electron chi connectivity index (χ2n) is 4.70. The number of hydrogen-bond donors (Lipinski definition) is 0. The van der Waals surface area contributed by atoms with Gasteiger partial charge in [-0.1, -0.05) is 37.8 Å². The number of para-hydroxylation sites is 2. The molecular weight excluding hydrogens is 246 g/mol. The van der Waals surface area contributed by atoms with Gasteiger partial charge in [0.2, 0.25) is 0 Å². The van der Waals surface area contributed by atoms with E-state index in [0.29, 0.717) is 0 Å². The van der Waals surface area contributed by atoms with Crippen LogP contribution in [0.3, 0.4) is 0 Å². The fourth-order valence-electron chi connectivity index (χ4n) is 2.20. The molecule has 0 heterocycles. The van der Waals surface area contributed by atoms with E-state index in [1.807, 2.05) is 31.3 Å². The van der Waals surface area contributed by atoms with Crippen LogP contribution in [0.4, 0.5) is 5.69 Å². The van der Waals surface area contributed by atoms with Crippen LogP contribution in [0.1, 0.15) is 29.7 Å². The molecule has 0 aliphatic heterocycles. The quantitative estimate of drug-likeness (QED) is 0.718. The number of rotatable bonds is 3. The van der Waals surface area contributed by atoms with Crippen molar-refractivity contribution in [3.05, 3.63) is 58.7 Å². The normalized spacial score (nSPS) is 10.4. The van der Waals surface area contributed by atoms with Gasteiger partial charge >= 0.3 is 0 Å². The maximum atomic E-state index is 5.43. The maximum absolute atomic E-state index is 5.43. The summed E-state index contributed by atoms with van der Waals surface area (Å²) < 4.78 is 5.43. The van der Waals surface area contributed by atoms with E-state index in [0.717, 1.165) is 22.6 Å². The Morgan fingerprint density at radius 2 is 1.45 bits per heavy atom. The van der Waals surface area contributed by atoms with E-state index in [9.17, 15) is 0 Å². The van der Waals surface area contributed by atoms with Crippen LogP contribution in [-0.2, 0) is 0 Å². The lowest BCUT2D eigenvalue weighted by Crippen LogP contribution is -1.93. The first kappa shape index (κ1) is 16.0. The van der Waals surface area contributed by atoms with Gasteiger partial charge in [0.25, 0.3) is 0 Å². The van der Waals surface area contributed by atoms with E-state index in [1.165, 1.54) is 11.1 Å². The van der Waals surface area contributed by atoms with Crippen molar-refractivity contribution in [1.82, 2.24) is 0 Å². The SMILES string of the molecule is C.COc1c(C)cccc1C=Nc1c(C)cccc1C. The third kappa shape index (κ3) is 3.27. The van der Waals surface area contributed by atoms with Gasteiger partial charge in [0, 0.05) is 11.8 Å². The van der Waals surface area contributed by atoms with Gasteiger partial charge in [0.05, 0.1) is 12.8 Å². The van der Waals surface area contributed by atoms with Gasteiger partial charge < -0.3 is 4.74 Å². The lowest BCUT2D eigenvalue weighted by molar-refractivity contribution is 0.411. The summed E-state index contributed by atoms with van der Waals surface area (Å²) in [4.78, 5) is 4.62. The Bertz CT molecular complexity index is 595. The first-order chi connectivity index (χ1) is 9.13. The zero-order valence-electron chi connectivity index (χ0n) is 11.9. The van der Waals surface area contributed by atoms with Gasteiger partial charge in [-0.2, -0.15) is 0 Å². The number of aryl methyl sites for hydroxylation is 3. The smallest absolute Gasteiger partial charge is 0.130 e. The van der Waals surface area contributed by atoms with Crippen molar-refractivity contribution in [3.63, 3.8) is 0 Å². The van der Waals surface area contributed by atoms with Crippen molar-refractivity contribution in [3.8, 4) is 5.75 Å². The summed E-state index contributed by atoms with van der Waals surface area (Å²) >= 11 is 0. The average molecular weight is 269 g/mol. The number of benzene rings is 2. The van der Waals surface area contributed by atoms with E-state index >= 15 is 0 Å². The summed E-state index contributed by atoms with van der Waals surface area (Å²) in [7, 11) is 1.69. The molecule has 2 aromatic carbocycles. The highest BCUT2D eigenvalue weighted by molar-refractivity contribution is 5.86. The Balaban J connectivity index is 0.00000200. The van der Waals surface area contributed by atoms with Crippen molar-refractivity contribution in [2.45, 2.75) is 28.2 Å². The molecule has 0 aliphatic rings. The van der Waals surface area contributed by atoms with Gasteiger partial charge in [-0.15, -0.1) is 0 Å². The molecule has 20 heavy (non-hydrogen) atoms. The standard InChI is InChI=1S/C17H19NO.CH4/c1-12-7-5-8-13(2)16(12)18-11-15-10-6-9-14(3)17(15)19-4;/h5-11H,1-4H3;1H4. The Labute approximate surface area is 122 Å². The Morgan fingerprint density at radius 3 is 2.05 bits per heavy atom.